The number of piperidine rings is 1. The molecule has 2 N–H and O–H groups in total. The first-order valence-electron chi connectivity index (χ1n) is 13.4. The Labute approximate surface area is 244 Å². The van der Waals surface area contributed by atoms with Crippen LogP contribution in [-0.4, -0.2) is 71.0 Å². The van der Waals surface area contributed by atoms with Gasteiger partial charge in [0, 0.05) is 55.5 Å². The van der Waals surface area contributed by atoms with Crippen molar-refractivity contribution in [2.45, 2.75) is 31.5 Å². The molecule has 4 aromatic rings. The van der Waals surface area contributed by atoms with Crippen molar-refractivity contribution in [2.24, 2.45) is 0 Å². The van der Waals surface area contributed by atoms with E-state index in [9.17, 15) is 18.8 Å². The molecule has 2 aliphatic rings. The summed E-state index contributed by atoms with van der Waals surface area (Å²) in [4.78, 5) is 46.2. The molecule has 218 valence electrons. The number of nitrogens with one attached hydrogen (secondary N) is 2. The Morgan fingerprint density at radius 2 is 2.12 bits per heavy atom. The van der Waals surface area contributed by atoms with Crippen molar-refractivity contribution in [2.75, 3.05) is 26.8 Å². The Morgan fingerprint density at radius 1 is 1.24 bits per heavy atom. The molecule has 11 nitrogen and oxygen atoms in total. The molecule has 42 heavy (non-hydrogen) atoms. The van der Waals surface area contributed by atoms with Crippen molar-refractivity contribution < 1.29 is 33.0 Å². The number of likely N-dealkylation sites (tertiary alicyclic amines) is 1. The van der Waals surface area contributed by atoms with E-state index >= 15 is 0 Å². The fourth-order valence-electron chi connectivity index (χ4n) is 5.11. The van der Waals surface area contributed by atoms with Gasteiger partial charge in [-0.3, -0.25) is 18.8 Å². The maximum absolute atomic E-state index is 14.5. The minimum atomic E-state index is -0.605. The lowest BCUT2D eigenvalue weighted by atomic mass is 10.00. The number of carbonyl (C=O) groups excluding carboxylic acids is 3. The third-order valence-electron chi connectivity index (χ3n) is 7.19. The molecular weight excluding hydrogens is 565 g/mol. The van der Waals surface area contributed by atoms with Gasteiger partial charge in [-0.05, 0) is 35.9 Å². The average molecular weight is 594 g/mol. The lowest BCUT2D eigenvalue weighted by Crippen LogP contribution is -2.58. The second kappa shape index (κ2) is 11.7. The average Bonchev–Trinajstić information content (AvgIpc) is 3.57. The van der Waals surface area contributed by atoms with Crippen LogP contribution < -0.4 is 24.8 Å². The summed E-state index contributed by atoms with van der Waals surface area (Å²) in [6.45, 7) is 0.301. The van der Waals surface area contributed by atoms with E-state index in [1.54, 1.807) is 23.1 Å². The Kier molecular flexibility index (Phi) is 7.66. The second-order valence-corrected chi connectivity index (χ2v) is 11.0. The van der Waals surface area contributed by atoms with Crippen LogP contribution in [0, 0.1) is 5.82 Å². The molecular formula is C29H28FN5O6S. The summed E-state index contributed by atoms with van der Waals surface area (Å²) in [7, 11) is 1.46. The first-order chi connectivity index (χ1) is 20.3. The van der Waals surface area contributed by atoms with Crippen LogP contribution in [0.25, 0.3) is 4.96 Å². The Bertz CT molecular complexity index is 1630. The van der Waals surface area contributed by atoms with Gasteiger partial charge >= 0.3 is 0 Å². The molecule has 1 fully saturated rings. The highest BCUT2D eigenvalue weighted by Gasteiger charge is 2.35. The SMILES string of the molecule is COc1ccc2cc1OCC(=O)NCc1cc(F)cc(c1)O[C@@H]1CCN(C(=O)Cc3cn4ccsc4n3)C[C@@H]1NC2=O. The molecule has 4 heterocycles. The summed E-state index contributed by atoms with van der Waals surface area (Å²) in [6, 6.07) is 8.26. The Balaban J connectivity index is 1.27. The quantitative estimate of drug-likeness (QED) is 0.374. The highest BCUT2D eigenvalue weighted by molar-refractivity contribution is 7.15. The molecule has 0 spiro atoms. The Hall–Kier alpha value is -4.65. The number of imidazole rings is 1. The van der Waals surface area contributed by atoms with Gasteiger partial charge in [0.25, 0.3) is 11.8 Å². The fraction of sp³-hybridized carbons (Fsp3) is 0.310. The van der Waals surface area contributed by atoms with E-state index in [4.69, 9.17) is 14.2 Å². The normalized spacial score (nSPS) is 19.2. The number of ether oxygens (including phenoxy) is 3. The largest absolute Gasteiger partial charge is 0.493 e. The summed E-state index contributed by atoms with van der Waals surface area (Å²) >= 11 is 1.49. The van der Waals surface area contributed by atoms with Gasteiger partial charge in [-0.2, -0.15) is 0 Å². The first-order valence-corrected chi connectivity index (χ1v) is 14.3. The van der Waals surface area contributed by atoms with Crippen LogP contribution in [0.4, 0.5) is 4.39 Å². The lowest BCUT2D eigenvalue weighted by Gasteiger charge is -2.39. The van der Waals surface area contributed by atoms with Crippen molar-refractivity contribution in [3.63, 3.8) is 0 Å². The summed E-state index contributed by atoms with van der Waals surface area (Å²) < 4.78 is 33.6. The van der Waals surface area contributed by atoms with E-state index < -0.39 is 29.8 Å². The zero-order chi connectivity index (χ0) is 29.2. The van der Waals surface area contributed by atoms with Gasteiger partial charge in [0.2, 0.25) is 5.91 Å². The number of thiazole rings is 1. The van der Waals surface area contributed by atoms with Crippen molar-refractivity contribution in [3.05, 3.63) is 76.8 Å². The lowest BCUT2D eigenvalue weighted by molar-refractivity contribution is -0.133. The molecule has 0 radical (unpaired) electrons. The molecule has 2 aromatic carbocycles. The standard InChI is InChI=1S/C29H28FN5O6S/c1-39-24-3-2-18-10-25(24)40-16-26(36)31-13-17-8-19(30)11-21(9-17)41-23-4-5-34(15-22(23)33-28(18)38)27(37)12-20-14-35-6-7-42-29(35)32-20/h2-3,6-11,14,22-23H,4-5,12-13,15-16H2,1H3,(H,31,36)(H,33,38)/t22-,23+/m0/s1. The molecule has 2 aliphatic heterocycles. The van der Waals surface area contributed by atoms with Crippen molar-refractivity contribution in [3.8, 4) is 17.2 Å². The van der Waals surface area contributed by atoms with Crippen LogP contribution in [0.1, 0.15) is 28.0 Å². The summed E-state index contributed by atoms with van der Waals surface area (Å²) in [5.41, 5.74) is 1.43. The van der Waals surface area contributed by atoms with Crippen LogP contribution in [0.2, 0.25) is 0 Å². The molecule has 3 amide bonds. The summed E-state index contributed by atoms with van der Waals surface area (Å²) in [6.07, 6.45) is 3.69. The zero-order valence-electron chi connectivity index (χ0n) is 22.7. The minimum Gasteiger partial charge on any atom is -0.493 e. The van der Waals surface area contributed by atoms with E-state index in [2.05, 4.69) is 15.6 Å². The predicted molar refractivity (Wildman–Crippen MR) is 150 cm³/mol. The van der Waals surface area contributed by atoms with Gasteiger partial charge in [-0.25, -0.2) is 9.37 Å². The molecule has 6 rings (SSSR count). The van der Waals surface area contributed by atoms with Crippen molar-refractivity contribution in [1.29, 1.82) is 0 Å². The molecule has 13 heteroatoms. The molecule has 0 saturated carbocycles. The maximum Gasteiger partial charge on any atom is 0.258 e. The van der Waals surface area contributed by atoms with E-state index in [1.165, 1.54) is 36.6 Å². The number of nitrogens with zero attached hydrogens (tertiary/aromatic N) is 3. The molecule has 0 aliphatic carbocycles. The topological polar surface area (TPSA) is 124 Å². The van der Waals surface area contributed by atoms with Crippen molar-refractivity contribution in [1.82, 2.24) is 24.9 Å². The van der Waals surface area contributed by atoms with Crippen LogP contribution >= 0.6 is 11.3 Å². The number of benzene rings is 2. The minimum absolute atomic E-state index is 0.0619. The first kappa shape index (κ1) is 27.5. The van der Waals surface area contributed by atoms with E-state index in [-0.39, 0.29) is 49.1 Å². The smallest absolute Gasteiger partial charge is 0.258 e. The number of hydrogen-bond donors (Lipinski definition) is 2. The molecule has 1 saturated heterocycles. The number of methoxy groups -OCH3 is 1. The molecule has 0 unspecified atom stereocenters. The van der Waals surface area contributed by atoms with Gasteiger partial charge in [0.1, 0.15) is 17.7 Å². The molecule has 2 atom stereocenters. The number of rotatable bonds is 3. The van der Waals surface area contributed by atoms with E-state index in [0.717, 1.165) is 4.96 Å². The highest BCUT2D eigenvalue weighted by Crippen LogP contribution is 2.29. The number of carbonyl (C=O) groups is 3. The highest BCUT2D eigenvalue weighted by atomic mass is 32.1. The summed E-state index contributed by atoms with van der Waals surface area (Å²) in [5, 5.41) is 7.62. The van der Waals surface area contributed by atoms with Gasteiger partial charge in [0.05, 0.1) is 25.3 Å². The third kappa shape index (κ3) is 6.00. The molecule has 2 aromatic heterocycles. The van der Waals surface area contributed by atoms with E-state index in [0.29, 0.717) is 30.0 Å². The zero-order valence-corrected chi connectivity index (χ0v) is 23.5. The molecule has 4 bridgehead atoms. The maximum atomic E-state index is 14.5. The summed E-state index contributed by atoms with van der Waals surface area (Å²) in [5.74, 6) is -0.680. The van der Waals surface area contributed by atoms with Gasteiger partial charge in [-0.1, -0.05) is 0 Å². The fourth-order valence-corrected chi connectivity index (χ4v) is 5.83. The van der Waals surface area contributed by atoms with Gasteiger partial charge < -0.3 is 29.7 Å². The predicted octanol–water partition coefficient (Wildman–Crippen LogP) is 2.57. The second-order valence-electron chi connectivity index (χ2n) is 10.1. The number of hydrogen-bond acceptors (Lipinski definition) is 8. The van der Waals surface area contributed by atoms with Gasteiger partial charge in [-0.15, -0.1) is 11.3 Å². The van der Waals surface area contributed by atoms with Crippen LogP contribution in [0.3, 0.4) is 0 Å². The third-order valence-corrected chi connectivity index (χ3v) is 7.96. The monoisotopic (exact) mass is 593 g/mol. The van der Waals surface area contributed by atoms with E-state index in [1.807, 2.05) is 22.2 Å². The van der Waals surface area contributed by atoms with Gasteiger partial charge in [0.15, 0.2) is 23.1 Å². The number of halogens is 1. The number of fused-ring (bicyclic) bond motifs is 6. The number of aromatic nitrogens is 2. The Morgan fingerprint density at radius 3 is 2.95 bits per heavy atom. The number of amides is 3. The van der Waals surface area contributed by atoms with Crippen molar-refractivity contribution >= 4 is 34.0 Å². The van der Waals surface area contributed by atoms with Crippen LogP contribution in [0.15, 0.2) is 54.2 Å². The van der Waals surface area contributed by atoms with Crippen LogP contribution in [-0.2, 0) is 22.6 Å². The van der Waals surface area contributed by atoms with Crippen LogP contribution in [0.5, 0.6) is 17.2 Å².